The van der Waals surface area contributed by atoms with E-state index in [2.05, 4.69) is 0 Å². The van der Waals surface area contributed by atoms with Crippen molar-refractivity contribution in [2.75, 3.05) is 7.11 Å². The second-order valence-electron chi connectivity index (χ2n) is 6.79. The van der Waals surface area contributed by atoms with Gasteiger partial charge < -0.3 is 4.74 Å². The molecule has 0 aliphatic rings. The van der Waals surface area contributed by atoms with E-state index in [-0.39, 0.29) is 17.5 Å². The molecule has 25 heavy (non-hydrogen) atoms. The molecule has 0 spiro atoms. The van der Waals surface area contributed by atoms with Gasteiger partial charge in [-0.2, -0.15) is 0 Å². The van der Waals surface area contributed by atoms with Crippen LogP contribution in [0.1, 0.15) is 31.9 Å². The molecule has 2 aromatic carbocycles. The van der Waals surface area contributed by atoms with E-state index in [1.165, 1.54) is 13.2 Å². The molecule has 132 valence electrons. The Morgan fingerprint density at radius 3 is 2.28 bits per heavy atom. The Bertz CT molecular complexity index is 807. The first-order chi connectivity index (χ1) is 11.6. The van der Waals surface area contributed by atoms with Gasteiger partial charge in [-0.3, -0.25) is 14.9 Å². The van der Waals surface area contributed by atoms with E-state index in [0.717, 1.165) is 11.1 Å². The topological polar surface area (TPSA) is 69.4 Å². The number of nitro groups is 1. The standard InChI is InChI=1S/C19H20ClNO4/c1-19(2,3)13-9-15(12-5-7-14(20)8-6-12)16(11-18(22)25-4)17(10-13)21(23)24/h5-10H,11H2,1-4H3. The number of ether oxygens (including phenoxy) is 1. The highest BCUT2D eigenvalue weighted by Crippen LogP contribution is 2.37. The average Bonchev–Trinajstić information content (AvgIpc) is 2.54. The molecule has 0 saturated heterocycles. The number of rotatable bonds is 4. The molecule has 0 aromatic heterocycles. The van der Waals surface area contributed by atoms with Crippen LogP contribution in [0, 0.1) is 10.1 Å². The van der Waals surface area contributed by atoms with Crippen molar-refractivity contribution in [3.63, 3.8) is 0 Å². The second kappa shape index (κ2) is 7.23. The summed E-state index contributed by atoms with van der Waals surface area (Å²) < 4.78 is 4.71. The fraction of sp³-hybridized carbons (Fsp3) is 0.316. The Morgan fingerprint density at radius 2 is 1.80 bits per heavy atom. The molecule has 0 amide bonds. The maximum Gasteiger partial charge on any atom is 0.310 e. The maximum absolute atomic E-state index is 11.8. The van der Waals surface area contributed by atoms with Crippen molar-refractivity contribution < 1.29 is 14.5 Å². The monoisotopic (exact) mass is 361 g/mol. The molecule has 2 aromatic rings. The third-order valence-electron chi connectivity index (χ3n) is 3.99. The minimum absolute atomic E-state index is 0.0808. The first-order valence-electron chi connectivity index (χ1n) is 7.78. The molecule has 0 heterocycles. The molecule has 0 saturated carbocycles. The average molecular weight is 362 g/mol. The van der Waals surface area contributed by atoms with Crippen LogP contribution in [0.4, 0.5) is 5.69 Å². The molecule has 0 unspecified atom stereocenters. The molecule has 0 N–H and O–H groups in total. The molecule has 0 fully saturated rings. The van der Waals surface area contributed by atoms with Crippen LogP contribution in [-0.2, 0) is 21.4 Å². The van der Waals surface area contributed by atoms with Crippen molar-refractivity contribution in [2.24, 2.45) is 0 Å². The molecular formula is C19H20ClNO4. The van der Waals surface area contributed by atoms with E-state index in [1.807, 2.05) is 26.8 Å². The molecule has 0 atom stereocenters. The van der Waals surface area contributed by atoms with Crippen LogP contribution in [-0.4, -0.2) is 18.0 Å². The van der Waals surface area contributed by atoms with Gasteiger partial charge in [0.1, 0.15) is 0 Å². The SMILES string of the molecule is COC(=O)Cc1c(-c2ccc(Cl)cc2)cc(C(C)(C)C)cc1[N+](=O)[O-]. The number of carbonyl (C=O) groups is 1. The minimum atomic E-state index is -0.526. The smallest absolute Gasteiger partial charge is 0.310 e. The van der Waals surface area contributed by atoms with Crippen molar-refractivity contribution in [2.45, 2.75) is 32.6 Å². The molecule has 5 nitrogen and oxygen atoms in total. The zero-order valence-corrected chi connectivity index (χ0v) is 15.4. The number of halogens is 1. The number of benzene rings is 2. The van der Waals surface area contributed by atoms with Crippen molar-refractivity contribution in [1.29, 1.82) is 0 Å². The van der Waals surface area contributed by atoms with Crippen molar-refractivity contribution in [3.05, 3.63) is 62.7 Å². The Kier molecular flexibility index (Phi) is 5.48. The molecule has 0 aliphatic heterocycles. The van der Waals surface area contributed by atoms with Gasteiger partial charge >= 0.3 is 5.97 Å². The van der Waals surface area contributed by atoms with E-state index < -0.39 is 10.9 Å². The highest BCUT2D eigenvalue weighted by molar-refractivity contribution is 6.30. The first kappa shape index (κ1) is 18.9. The molecular weight excluding hydrogens is 342 g/mol. The lowest BCUT2D eigenvalue weighted by Gasteiger charge is -2.21. The van der Waals surface area contributed by atoms with Crippen molar-refractivity contribution in [1.82, 2.24) is 0 Å². The van der Waals surface area contributed by atoms with Gasteiger partial charge in [0.25, 0.3) is 5.69 Å². The van der Waals surface area contributed by atoms with Crippen LogP contribution < -0.4 is 0 Å². The molecule has 0 bridgehead atoms. The normalized spacial score (nSPS) is 11.2. The fourth-order valence-corrected chi connectivity index (χ4v) is 2.67. The summed E-state index contributed by atoms with van der Waals surface area (Å²) in [5, 5.41) is 12.2. The Balaban J connectivity index is 2.79. The van der Waals surface area contributed by atoms with Crippen LogP contribution in [0.5, 0.6) is 0 Å². The number of hydrogen-bond donors (Lipinski definition) is 0. The lowest BCUT2D eigenvalue weighted by atomic mass is 9.83. The highest BCUT2D eigenvalue weighted by atomic mass is 35.5. The van der Waals surface area contributed by atoms with E-state index in [9.17, 15) is 14.9 Å². The largest absolute Gasteiger partial charge is 0.469 e. The Labute approximate surface area is 151 Å². The third-order valence-corrected chi connectivity index (χ3v) is 4.25. The molecule has 2 rings (SSSR count). The number of esters is 1. The summed E-state index contributed by atoms with van der Waals surface area (Å²) >= 11 is 5.95. The highest BCUT2D eigenvalue weighted by Gasteiger charge is 2.26. The Hall–Kier alpha value is -2.40. The Morgan fingerprint density at radius 1 is 1.20 bits per heavy atom. The molecule has 6 heteroatoms. The maximum atomic E-state index is 11.8. The zero-order valence-electron chi connectivity index (χ0n) is 14.6. The van der Waals surface area contributed by atoms with E-state index in [4.69, 9.17) is 16.3 Å². The third kappa shape index (κ3) is 4.37. The van der Waals surface area contributed by atoms with Crippen LogP contribution >= 0.6 is 11.6 Å². The van der Waals surface area contributed by atoms with Gasteiger partial charge in [-0.1, -0.05) is 44.5 Å². The summed E-state index contributed by atoms with van der Waals surface area (Å²) in [5.74, 6) is -0.526. The van der Waals surface area contributed by atoms with Crippen LogP contribution in [0.15, 0.2) is 36.4 Å². The van der Waals surface area contributed by atoms with Crippen LogP contribution in [0.25, 0.3) is 11.1 Å². The fourth-order valence-electron chi connectivity index (χ4n) is 2.54. The quantitative estimate of drug-likeness (QED) is 0.440. The lowest BCUT2D eigenvalue weighted by molar-refractivity contribution is -0.385. The van der Waals surface area contributed by atoms with Gasteiger partial charge in [0, 0.05) is 16.7 Å². The van der Waals surface area contributed by atoms with Crippen LogP contribution in [0.3, 0.4) is 0 Å². The van der Waals surface area contributed by atoms with Crippen molar-refractivity contribution >= 4 is 23.3 Å². The summed E-state index contributed by atoms with van der Waals surface area (Å²) in [7, 11) is 1.26. The minimum Gasteiger partial charge on any atom is -0.469 e. The number of nitro benzene ring substituents is 1. The predicted octanol–water partition coefficient (Wildman–Crippen LogP) is 4.93. The summed E-state index contributed by atoms with van der Waals surface area (Å²) in [6, 6.07) is 10.4. The van der Waals surface area contributed by atoms with Gasteiger partial charge in [0.05, 0.1) is 18.5 Å². The first-order valence-corrected chi connectivity index (χ1v) is 8.16. The number of hydrogen-bond acceptors (Lipinski definition) is 4. The van der Waals surface area contributed by atoms with Crippen LogP contribution in [0.2, 0.25) is 5.02 Å². The molecule has 0 radical (unpaired) electrons. The number of carbonyl (C=O) groups excluding carboxylic acids is 1. The zero-order chi connectivity index (χ0) is 18.8. The summed E-state index contributed by atoms with van der Waals surface area (Å²) in [5.41, 5.74) is 2.20. The summed E-state index contributed by atoms with van der Waals surface area (Å²) in [6.45, 7) is 5.95. The summed E-state index contributed by atoms with van der Waals surface area (Å²) in [4.78, 5) is 23.0. The lowest BCUT2D eigenvalue weighted by Crippen LogP contribution is -2.14. The number of nitrogens with zero attached hydrogens (tertiary/aromatic N) is 1. The van der Waals surface area contributed by atoms with E-state index >= 15 is 0 Å². The van der Waals surface area contributed by atoms with Gasteiger partial charge in [-0.25, -0.2) is 0 Å². The van der Waals surface area contributed by atoms with Gasteiger partial charge in [0.15, 0.2) is 0 Å². The summed E-state index contributed by atoms with van der Waals surface area (Å²) in [6.07, 6.45) is -0.171. The van der Waals surface area contributed by atoms with Gasteiger partial charge in [-0.05, 0) is 40.3 Å². The predicted molar refractivity (Wildman–Crippen MR) is 98.0 cm³/mol. The second-order valence-corrected chi connectivity index (χ2v) is 7.22. The van der Waals surface area contributed by atoms with Crippen molar-refractivity contribution in [3.8, 4) is 11.1 Å². The van der Waals surface area contributed by atoms with E-state index in [0.29, 0.717) is 16.1 Å². The van der Waals surface area contributed by atoms with Gasteiger partial charge in [0.2, 0.25) is 0 Å². The van der Waals surface area contributed by atoms with Gasteiger partial charge in [-0.15, -0.1) is 0 Å². The number of methoxy groups -OCH3 is 1. The van der Waals surface area contributed by atoms with E-state index in [1.54, 1.807) is 24.3 Å². The molecule has 0 aliphatic carbocycles.